The molecule has 98 valence electrons. The van der Waals surface area contributed by atoms with Gasteiger partial charge in [-0.1, -0.05) is 19.3 Å². The van der Waals surface area contributed by atoms with E-state index in [1.54, 1.807) is 25.9 Å². The molecule has 0 heterocycles. The Morgan fingerprint density at radius 2 is 1.94 bits per heavy atom. The van der Waals surface area contributed by atoms with Gasteiger partial charge in [0, 0.05) is 14.1 Å². The molecule has 1 fully saturated rings. The van der Waals surface area contributed by atoms with Crippen molar-refractivity contribution in [2.75, 3.05) is 14.1 Å². The van der Waals surface area contributed by atoms with Gasteiger partial charge in [-0.3, -0.25) is 9.79 Å². The summed E-state index contributed by atoms with van der Waals surface area (Å²) in [5.41, 5.74) is 5.81. The molecule has 5 nitrogen and oxygen atoms in total. The minimum atomic E-state index is -0.322. The van der Waals surface area contributed by atoms with Gasteiger partial charge in [-0.05, 0) is 19.8 Å². The molecule has 0 aliphatic heterocycles. The van der Waals surface area contributed by atoms with Crippen LogP contribution in [0.3, 0.4) is 0 Å². The summed E-state index contributed by atoms with van der Waals surface area (Å²) in [7, 11) is 3.46. The Balaban J connectivity index is 2.44. The number of amides is 1. The first-order valence-electron chi connectivity index (χ1n) is 6.31. The summed E-state index contributed by atoms with van der Waals surface area (Å²) < 4.78 is 0. The molecule has 5 heteroatoms. The van der Waals surface area contributed by atoms with Crippen LogP contribution in [-0.2, 0) is 4.79 Å². The van der Waals surface area contributed by atoms with Crippen LogP contribution in [0.2, 0.25) is 0 Å². The lowest BCUT2D eigenvalue weighted by Gasteiger charge is -2.21. The molecule has 0 aromatic heterocycles. The topological polar surface area (TPSA) is 70.7 Å². The first-order chi connectivity index (χ1) is 8.00. The van der Waals surface area contributed by atoms with Crippen molar-refractivity contribution in [2.45, 2.75) is 51.1 Å². The van der Waals surface area contributed by atoms with Crippen LogP contribution >= 0.6 is 0 Å². The number of hydrogen-bond donors (Lipinski definition) is 2. The summed E-state index contributed by atoms with van der Waals surface area (Å²) >= 11 is 0. The van der Waals surface area contributed by atoms with Gasteiger partial charge in [0.1, 0.15) is 6.04 Å². The van der Waals surface area contributed by atoms with Crippen LogP contribution in [0.1, 0.15) is 39.0 Å². The van der Waals surface area contributed by atoms with Gasteiger partial charge >= 0.3 is 0 Å². The van der Waals surface area contributed by atoms with Gasteiger partial charge < -0.3 is 16.0 Å². The molecule has 17 heavy (non-hydrogen) atoms. The van der Waals surface area contributed by atoms with Crippen LogP contribution < -0.4 is 11.1 Å². The van der Waals surface area contributed by atoms with E-state index in [1.165, 1.54) is 19.3 Å². The Bertz CT molecular complexity index is 282. The van der Waals surface area contributed by atoms with E-state index >= 15 is 0 Å². The number of rotatable bonds is 3. The highest BCUT2D eigenvalue weighted by Gasteiger charge is 2.16. The maximum Gasteiger partial charge on any atom is 0.244 e. The zero-order valence-corrected chi connectivity index (χ0v) is 11.1. The smallest absolute Gasteiger partial charge is 0.244 e. The molecule has 3 N–H and O–H groups in total. The highest BCUT2D eigenvalue weighted by atomic mass is 16.2. The first kappa shape index (κ1) is 13.8. The van der Waals surface area contributed by atoms with Crippen molar-refractivity contribution < 1.29 is 4.79 Å². The summed E-state index contributed by atoms with van der Waals surface area (Å²) in [5.74, 6) is 0.395. The summed E-state index contributed by atoms with van der Waals surface area (Å²) in [4.78, 5) is 17.6. The molecule has 1 rings (SSSR count). The van der Waals surface area contributed by atoms with Crippen LogP contribution in [0.5, 0.6) is 0 Å². The quantitative estimate of drug-likeness (QED) is 0.563. The fourth-order valence-electron chi connectivity index (χ4n) is 2.11. The van der Waals surface area contributed by atoms with Crippen LogP contribution in [0.25, 0.3) is 0 Å². The largest absolute Gasteiger partial charge is 0.370 e. The van der Waals surface area contributed by atoms with Crippen LogP contribution in [0.15, 0.2) is 4.99 Å². The van der Waals surface area contributed by atoms with Crippen molar-refractivity contribution in [1.29, 1.82) is 0 Å². The number of carbonyl (C=O) groups is 1. The van der Waals surface area contributed by atoms with E-state index in [0.717, 1.165) is 12.8 Å². The normalized spacial score (nSPS) is 19.8. The molecule has 0 spiro atoms. The number of nitrogens with two attached hydrogens (primary N) is 1. The third kappa shape index (κ3) is 4.63. The fraction of sp³-hybridized carbons (Fsp3) is 0.833. The number of guanidine groups is 1. The van der Waals surface area contributed by atoms with E-state index in [4.69, 9.17) is 5.73 Å². The van der Waals surface area contributed by atoms with Crippen molar-refractivity contribution in [3.05, 3.63) is 0 Å². The molecule has 1 atom stereocenters. The van der Waals surface area contributed by atoms with E-state index in [1.807, 2.05) is 0 Å². The Kier molecular flexibility index (Phi) is 5.25. The Labute approximate surface area is 103 Å². The lowest BCUT2D eigenvalue weighted by atomic mass is 9.96. The van der Waals surface area contributed by atoms with Crippen molar-refractivity contribution in [2.24, 2.45) is 10.7 Å². The van der Waals surface area contributed by atoms with Crippen LogP contribution in [0, 0.1) is 0 Å². The highest BCUT2D eigenvalue weighted by molar-refractivity contribution is 5.87. The molecular weight excluding hydrogens is 216 g/mol. The molecule has 1 aliphatic carbocycles. The second kappa shape index (κ2) is 6.47. The standard InChI is InChI=1S/C12H24N4O/c1-9(11(17)16(2)3)14-12(13)15-10-7-5-4-6-8-10/h9-10H,4-8H2,1-3H3,(H3,13,14,15). The lowest BCUT2D eigenvalue weighted by Crippen LogP contribution is -2.47. The summed E-state index contributed by atoms with van der Waals surface area (Å²) in [6.07, 6.45) is 5.98. The molecule has 1 saturated carbocycles. The second-order valence-electron chi connectivity index (χ2n) is 4.90. The average Bonchev–Trinajstić information content (AvgIpc) is 2.28. The molecule has 0 saturated heterocycles. The van der Waals surface area contributed by atoms with Crippen LogP contribution in [-0.4, -0.2) is 42.9 Å². The average molecular weight is 240 g/mol. The number of carbonyl (C=O) groups excluding carboxylic acids is 1. The Morgan fingerprint density at radius 3 is 2.47 bits per heavy atom. The van der Waals surface area contributed by atoms with Crippen molar-refractivity contribution in [3.8, 4) is 0 Å². The van der Waals surface area contributed by atoms with E-state index in [9.17, 15) is 4.79 Å². The molecule has 0 aromatic rings. The minimum Gasteiger partial charge on any atom is -0.370 e. The van der Waals surface area contributed by atoms with E-state index in [2.05, 4.69) is 10.3 Å². The molecule has 1 amide bonds. The molecule has 0 radical (unpaired) electrons. The maximum atomic E-state index is 11.6. The van der Waals surface area contributed by atoms with Gasteiger partial charge in [0.25, 0.3) is 0 Å². The monoisotopic (exact) mass is 240 g/mol. The van der Waals surface area contributed by atoms with Crippen molar-refractivity contribution in [3.63, 3.8) is 0 Å². The van der Waals surface area contributed by atoms with Gasteiger partial charge in [0.15, 0.2) is 5.96 Å². The number of aliphatic imine (C=N–C) groups is 1. The minimum absolute atomic E-state index is 0.00629. The van der Waals surface area contributed by atoms with Crippen LogP contribution in [0.4, 0.5) is 0 Å². The van der Waals surface area contributed by atoms with E-state index in [-0.39, 0.29) is 11.9 Å². The van der Waals surface area contributed by atoms with Crippen molar-refractivity contribution >= 4 is 11.9 Å². The van der Waals surface area contributed by atoms with Crippen molar-refractivity contribution in [1.82, 2.24) is 10.2 Å². The predicted octanol–water partition coefficient (Wildman–Crippen LogP) is 0.700. The summed E-state index contributed by atoms with van der Waals surface area (Å²) in [5, 5.41) is 2.94. The molecule has 1 unspecified atom stereocenters. The van der Waals surface area contributed by atoms with Gasteiger partial charge in [0.05, 0.1) is 6.04 Å². The van der Waals surface area contributed by atoms with Gasteiger partial charge in [-0.2, -0.15) is 0 Å². The van der Waals surface area contributed by atoms with E-state index < -0.39 is 0 Å². The third-order valence-corrected chi connectivity index (χ3v) is 3.07. The first-order valence-corrected chi connectivity index (χ1v) is 6.31. The van der Waals surface area contributed by atoms with Gasteiger partial charge in [0.2, 0.25) is 5.91 Å². The molecule has 1 aliphatic rings. The number of hydrogen-bond acceptors (Lipinski definition) is 2. The zero-order chi connectivity index (χ0) is 12.8. The fourth-order valence-corrected chi connectivity index (χ4v) is 2.11. The van der Waals surface area contributed by atoms with Gasteiger partial charge in [-0.25, -0.2) is 0 Å². The summed E-state index contributed by atoms with van der Waals surface area (Å²) in [6.45, 7) is 1.80. The predicted molar refractivity (Wildman–Crippen MR) is 69.8 cm³/mol. The SMILES string of the molecule is CC(NC(N)=NC1CCCCC1)C(=O)N(C)C. The number of likely N-dealkylation sites (N-methyl/N-ethyl adjacent to an activating group) is 1. The number of nitrogens with one attached hydrogen (secondary N) is 1. The maximum absolute atomic E-state index is 11.6. The molecule has 0 bridgehead atoms. The Hall–Kier alpha value is -1.26. The molecular formula is C12H24N4O. The second-order valence-corrected chi connectivity index (χ2v) is 4.90. The highest BCUT2D eigenvalue weighted by Crippen LogP contribution is 2.19. The van der Waals surface area contributed by atoms with E-state index in [0.29, 0.717) is 12.0 Å². The zero-order valence-electron chi connectivity index (χ0n) is 11.1. The Morgan fingerprint density at radius 1 is 1.35 bits per heavy atom. The molecule has 0 aromatic carbocycles. The lowest BCUT2D eigenvalue weighted by molar-refractivity contribution is -0.130. The van der Waals surface area contributed by atoms with Gasteiger partial charge in [-0.15, -0.1) is 0 Å². The third-order valence-electron chi connectivity index (χ3n) is 3.07. The number of nitrogens with zero attached hydrogens (tertiary/aromatic N) is 2. The summed E-state index contributed by atoms with van der Waals surface area (Å²) in [6, 6.07) is 0.00949.